The maximum Gasteiger partial charge on any atom is 0.177 e. The molecule has 1 aromatic carbocycles. The lowest BCUT2D eigenvalue weighted by atomic mass is 10.3. The first-order chi connectivity index (χ1) is 11.8. The van der Waals surface area contributed by atoms with Gasteiger partial charge in [0.25, 0.3) is 0 Å². The minimum absolute atomic E-state index is 0.700. The number of halogens is 1. The highest BCUT2D eigenvalue weighted by molar-refractivity contribution is 6.31. The van der Waals surface area contributed by atoms with Gasteiger partial charge in [-0.3, -0.25) is 4.90 Å². The van der Waals surface area contributed by atoms with E-state index in [0.717, 1.165) is 68.4 Å². The summed E-state index contributed by atoms with van der Waals surface area (Å²) in [6.45, 7) is 5.67. The van der Waals surface area contributed by atoms with Gasteiger partial charge in [-0.15, -0.1) is 0 Å². The third-order valence-corrected chi connectivity index (χ3v) is 4.65. The molecular weight excluding hydrogens is 326 g/mol. The van der Waals surface area contributed by atoms with Crippen molar-refractivity contribution in [3.63, 3.8) is 0 Å². The first-order valence-electron chi connectivity index (χ1n) is 8.31. The summed E-state index contributed by atoms with van der Waals surface area (Å²) in [7, 11) is 0. The van der Waals surface area contributed by atoms with Crippen LogP contribution in [0.3, 0.4) is 0 Å². The molecule has 0 bridgehead atoms. The minimum Gasteiger partial charge on any atom is -0.461 e. The van der Waals surface area contributed by atoms with Crippen LogP contribution in [0.5, 0.6) is 0 Å². The van der Waals surface area contributed by atoms with E-state index < -0.39 is 0 Å². The van der Waals surface area contributed by atoms with E-state index in [0.29, 0.717) is 5.02 Å². The van der Waals surface area contributed by atoms with Gasteiger partial charge in [0.1, 0.15) is 0 Å². The molecule has 6 heteroatoms. The molecule has 1 aliphatic rings. The van der Waals surface area contributed by atoms with Gasteiger partial charge in [0.15, 0.2) is 11.6 Å². The number of imidazole rings is 1. The van der Waals surface area contributed by atoms with E-state index in [2.05, 4.69) is 9.47 Å². The predicted molar refractivity (Wildman–Crippen MR) is 94.3 cm³/mol. The van der Waals surface area contributed by atoms with Crippen LogP contribution in [0.2, 0.25) is 5.02 Å². The van der Waals surface area contributed by atoms with Crippen molar-refractivity contribution >= 4 is 22.6 Å². The maximum absolute atomic E-state index is 6.12. The standard InChI is InChI=1S/C18H20ClN3O2/c19-14-4-5-16-15(13-14)20-18(17-3-1-10-24-17)22(16)7-2-6-21-8-11-23-12-9-21/h1,3-5,10,13H,2,6-9,11-12H2. The molecule has 1 saturated heterocycles. The average molecular weight is 346 g/mol. The van der Waals surface area contributed by atoms with Crippen LogP contribution < -0.4 is 0 Å². The normalized spacial score (nSPS) is 16.0. The first-order valence-corrected chi connectivity index (χ1v) is 8.69. The Hall–Kier alpha value is -1.82. The summed E-state index contributed by atoms with van der Waals surface area (Å²) < 4.78 is 13.2. The lowest BCUT2D eigenvalue weighted by Crippen LogP contribution is -2.37. The number of benzene rings is 1. The van der Waals surface area contributed by atoms with E-state index >= 15 is 0 Å². The second kappa shape index (κ2) is 6.97. The number of hydrogen-bond acceptors (Lipinski definition) is 4. The number of hydrogen-bond donors (Lipinski definition) is 0. The van der Waals surface area contributed by atoms with Gasteiger partial charge >= 0.3 is 0 Å². The summed E-state index contributed by atoms with van der Waals surface area (Å²) in [5, 5.41) is 0.700. The van der Waals surface area contributed by atoms with Gasteiger partial charge in [0.2, 0.25) is 0 Å². The molecule has 0 atom stereocenters. The Kier molecular flexibility index (Phi) is 4.56. The molecule has 4 rings (SSSR count). The van der Waals surface area contributed by atoms with Crippen molar-refractivity contribution in [1.29, 1.82) is 0 Å². The Balaban J connectivity index is 1.59. The van der Waals surface area contributed by atoms with Crippen LogP contribution in [0.1, 0.15) is 6.42 Å². The number of aryl methyl sites for hydroxylation is 1. The van der Waals surface area contributed by atoms with E-state index in [1.54, 1.807) is 6.26 Å². The second-order valence-electron chi connectivity index (χ2n) is 6.00. The summed E-state index contributed by atoms with van der Waals surface area (Å²) in [5.74, 6) is 1.65. The van der Waals surface area contributed by atoms with Crippen LogP contribution in [0.4, 0.5) is 0 Å². The Morgan fingerprint density at radius 1 is 1.12 bits per heavy atom. The lowest BCUT2D eigenvalue weighted by molar-refractivity contribution is 0.0370. The Bertz CT molecular complexity index is 807. The van der Waals surface area contributed by atoms with Crippen molar-refractivity contribution in [2.75, 3.05) is 32.8 Å². The third-order valence-electron chi connectivity index (χ3n) is 4.41. The molecule has 126 valence electrons. The fraction of sp³-hybridized carbons (Fsp3) is 0.389. The topological polar surface area (TPSA) is 43.4 Å². The van der Waals surface area contributed by atoms with Crippen molar-refractivity contribution in [1.82, 2.24) is 14.5 Å². The van der Waals surface area contributed by atoms with E-state index in [1.807, 2.05) is 30.3 Å². The largest absolute Gasteiger partial charge is 0.461 e. The summed E-state index contributed by atoms with van der Waals surface area (Å²) in [6, 6.07) is 9.69. The van der Waals surface area contributed by atoms with Crippen LogP contribution in [-0.2, 0) is 11.3 Å². The van der Waals surface area contributed by atoms with Crippen LogP contribution in [0.15, 0.2) is 41.0 Å². The highest BCUT2D eigenvalue weighted by atomic mass is 35.5. The number of nitrogens with zero attached hydrogens (tertiary/aromatic N) is 3. The summed E-state index contributed by atoms with van der Waals surface area (Å²) in [4.78, 5) is 7.18. The molecule has 0 amide bonds. The molecule has 0 aliphatic carbocycles. The molecule has 3 aromatic rings. The van der Waals surface area contributed by atoms with Crippen LogP contribution in [0.25, 0.3) is 22.6 Å². The lowest BCUT2D eigenvalue weighted by Gasteiger charge is -2.26. The van der Waals surface area contributed by atoms with Crippen LogP contribution in [-0.4, -0.2) is 47.3 Å². The predicted octanol–water partition coefficient (Wildman–Crippen LogP) is 3.67. The molecule has 2 aromatic heterocycles. The summed E-state index contributed by atoms with van der Waals surface area (Å²) in [6.07, 6.45) is 2.74. The van der Waals surface area contributed by atoms with Gasteiger partial charge in [0.05, 0.1) is 30.5 Å². The number of aromatic nitrogens is 2. The molecule has 0 N–H and O–H groups in total. The maximum atomic E-state index is 6.12. The van der Waals surface area contributed by atoms with Gasteiger partial charge in [-0.05, 0) is 36.8 Å². The second-order valence-corrected chi connectivity index (χ2v) is 6.44. The van der Waals surface area contributed by atoms with Gasteiger partial charge in [-0.1, -0.05) is 11.6 Å². The van der Waals surface area contributed by atoms with Gasteiger partial charge in [-0.25, -0.2) is 4.98 Å². The highest BCUT2D eigenvalue weighted by Gasteiger charge is 2.16. The van der Waals surface area contributed by atoms with Crippen molar-refractivity contribution in [3.05, 3.63) is 41.6 Å². The van der Waals surface area contributed by atoms with Crippen molar-refractivity contribution in [2.45, 2.75) is 13.0 Å². The molecule has 0 unspecified atom stereocenters. The van der Waals surface area contributed by atoms with E-state index in [-0.39, 0.29) is 0 Å². The molecule has 1 fully saturated rings. The molecular formula is C18H20ClN3O2. The van der Waals surface area contributed by atoms with Crippen LogP contribution in [0, 0.1) is 0 Å². The number of fused-ring (bicyclic) bond motifs is 1. The summed E-state index contributed by atoms with van der Waals surface area (Å²) in [5.41, 5.74) is 1.99. The number of furan rings is 1. The molecule has 24 heavy (non-hydrogen) atoms. The number of rotatable bonds is 5. The van der Waals surface area contributed by atoms with Crippen molar-refractivity contribution < 1.29 is 9.15 Å². The average Bonchev–Trinajstić information content (AvgIpc) is 3.23. The fourth-order valence-corrected chi connectivity index (χ4v) is 3.37. The molecule has 5 nitrogen and oxygen atoms in total. The fourth-order valence-electron chi connectivity index (χ4n) is 3.20. The van der Waals surface area contributed by atoms with Crippen LogP contribution >= 0.6 is 11.6 Å². The molecule has 1 aliphatic heterocycles. The van der Waals surface area contributed by atoms with Gasteiger partial charge in [0, 0.05) is 31.2 Å². The third kappa shape index (κ3) is 3.20. The SMILES string of the molecule is Clc1ccc2c(c1)nc(-c1ccco1)n2CCCN1CCOCC1. The first kappa shape index (κ1) is 15.7. The highest BCUT2D eigenvalue weighted by Crippen LogP contribution is 2.27. The van der Waals surface area contributed by atoms with E-state index in [1.165, 1.54) is 0 Å². The Morgan fingerprint density at radius 2 is 2.00 bits per heavy atom. The smallest absolute Gasteiger partial charge is 0.177 e. The zero-order chi connectivity index (χ0) is 16.4. The Morgan fingerprint density at radius 3 is 2.79 bits per heavy atom. The summed E-state index contributed by atoms with van der Waals surface area (Å²) >= 11 is 6.12. The number of ether oxygens (including phenoxy) is 1. The molecule has 0 spiro atoms. The monoisotopic (exact) mass is 345 g/mol. The molecule has 3 heterocycles. The zero-order valence-electron chi connectivity index (χ0n) is 13.4. The molecule has 0 saturated carbocycles. The Labute approximate surface area is 145 Å². The van der Waals surface area contributed by atoms with Gasteiger partial charge < -0.3 is 13.7 Å². The van der Waals surface area contributed by atoms with Crippen molar-refractivity contribution in [3.8, 4) is 11.6 Å². The van der Waals surface area contributed by atoms with E-state index in [4.69, 9.17) is 25.7 Å². The molecule has 0 radical (unpaired) electrons. The van der Waals surface area contributed by atoms with Crippen molar-refractivity contribution in [2.24, 2.45) is 0 Å². The number of morpholine rings is 1. The van der Waals surface area contributed by atoms with E-state index in [9.17, 15) is 0 Å². The quantitative estimate of drug-likeness (QED) is 0.707. The minimum atomic E-state index is 0.700. The zero-order valence-corrected chi connectivity index (χ0v) is 14.2. The van der Waals surface area contributed by atoms with Gasteiger partial charge in [-0.2, -0.15) is 0 Å².